The van der Waals surface area contributed by atoms with Crippen molar-refractivity contribution in [2.45, 2.75) is 33.6 Å². The second-order valence-corrected chi connectivity index (χ2v) is 7.90. The molecule has 1 N–H and O–H groups in total. The van der Waals surface area contributed by atoms with Gasteiger partial charge in [-0.3, -0.25) is 4.79 Å². The number of benzene rings is 2. The van der Waals surface area contributed by atoms with Gasteiger partial charge in [0.15, 0.2) is 0 Å². The van der Waals surface area contributed by atoms with Crippen LogP contribution >= 0.6 is 0 Å². The molecule has 1 heterocycles. The molecule has 0 spiro atoms. The number of carbonyl (C=O) groups excluding carboxylic acids is 1. The van der Waals surface area contributed by atoms with E-state index < -0.39 is 0 Å². The molecule has 3 rings (SSSR count). The third-order valence-corrected chi connectivity index (χ3v) is 4.95. The van der Waals surface area contributed by atoms with Gasteiger partial charge in [0.2, 0.25) is 0 Å². The predicted octanol–water partition coefficient (Wildman–Crippen LogP) is 5.21. The Labute approximate surface area is 162 Å². The van der Waals surface area contributed by atoms with Crippen molar-refractivity contribution in [3.05, 3.63) is 54.1 Å². The van der Waals surface area contributed by atoms with Gasteiger partial charge >= 0.3 is 0 Å². The summed E-state index contributed by atoms with van der Waals surface area (Å²) in [5.74, 6) is 1.87. The molecule has 1 saturated heterocycles. The van der Waals surface area contributed by atoms with Crippen LogP contribution in [-0.2, 0) is 0 Å². The quantitative estimate of drug-likeness (QED) is 0.763. The lowest BCUT2D eigenvalue weighted by Gasteiger charge is -2.32. The fourth-order valence-electron chi connectivity index (χ4n) is 3.22. The molecule has 0 bridgehead atoms. The Morgan fingerprint density at radius 3 is 2.52 bits per heavy atom. The molecule has 1 aliphatic heterocycles. The first-order valence-corrected chi connectivity index (χ1v) is 9.90. The third kappa shape index (κ3) is 5.49. The Morgan fingerprint density at radius 1 is 1.15 bits per heavy atom. The van der Waals surface area contributed by atoms with Crippen LogP contribution in [0.5, 0.6) is 5.75 Å². The van der Waals surface area contributed by atoms with Crippen LogP contribution in [0.2, 0.25) is 0 Å². The summed E-state index contributed by atoms with van der Waals surface area (Å²) in [7, 11) is 0. The summed E-state index contributed by atoms with van der Waals surface area (Å²) in [5.41, 5.74) is 2.64. The summed E-state index contributed by atoms with van der Waals surface area (Å²) < 4.78 is 5.71. The molecular weight excluding hydrogens is 336 g/mol. The first-order valence-electron chi connectivity index (χ1n) is 9.90. The molecule has 0 radical (unpaired) electrons. The first kappa shape index (κ1) is 19.3. The van der Waals surface area contributed by atoms with E-state index in [1.165, 1.54) is 18.5 Å². The molecule has 0 atom stereocenters. The van der Waals surface area contributed by atoms with Gasteiger partial charge in [0.25, 0.3) is 5.91 Å². The molecular formula is C23H30N2O2. The number of hydrogen-bond acceptors (Lipinski definition) is 3. The van der Waals surface area contributed by atoms with Crippen LogP contribution in [0.3, 0.4) is 0 Å². The highest BCUT2D eigenvalue weighted by molar-refractivity contribution is 6.04. The van der Waals surface area contributed by atoms with E-state index in [9.17, 15) is 4.79 Å². The Hall–Kier alpha value is -2.49. The summed E-state index contributed by atoms with van der Waals surface area (Å²) in [6.07, 6.45) is 2.49. The van der Waals surface area contributed by atoms with E-state index in [4.69, 9.17) is 4.74 Å². The fourth-order valence-corrected chi connectivity index (χ4v) is 3.22. The SMILES string of the molecule is CC(C)COc1cccc(C(=O)Nc2ccc(N3CCC(C)CC3)cc2)c1. The molecule has 27 heavy (non-hydrogen) atoms. The molecule has 1 fully saturated rings. The summed E-state index contributed by atoms with van der Waals surface area (Å²) in [6, 6.07) is 15.5. The van der Waals surface area contributed by atoms with Gasteiger partial charge in [0.1, 0.15) is 5.75 Å². The predicted molar refractivity (Wildman–Crippen MR) is 112 cm³/mol. The van der Waals surface area contributed by atoms with Gasteiger partial charge in [-0.25, -0.2) is 0 Å². The number of anilines is 2. The second-order valence-electron chi connectivity index (χ2n) is 7.90. The highest BCUT2D eigenvalue weighted by Crippen LogP contribution is 2.24. The molecule has 0 saturated carbocycles. The van der Waals surface area contributed by atoms with Crippen LogP contribution in [0.4, 0.5) is 11.4 Å². The van der Waals surface area contributed by atoms with E-state index in [-0.39, 0.29) is 5.91 Å². The summed E-state index contributed by atoms with van der Waals surface area (Å²) >= 11 is 0. The Morgan fingerprint density at radius 2 is 1.85 bits per heavy atom. The van der Waals surface area contributed by atoms with Crippen LogP contribution in [-0.4, -0.2) is 25.6 Å². The van der Waals surface area contributed by atoms with Gasteiger partial charge in [-0.15, -0.1) is 0 Å². The number of nitrogens with zero attached hydrogens (tertiary/aromatic N) is 1. The maximum Gasteiger partial charge on any atom is 0.255 e. The summed E-state index contributed by atoms with van der Waals surface area (Å²) in [4.78, 5) is 15.0. The topological polar surface area (TPSA) is 41.6 Å². The van der Waals surface area contributed by atoms with Gasteiger partial charge in [-0.1, -0.05) is 26.8 Å². The molecule has 1 aliphatic rings. The van der Waals surface area contributed by atoms with Crippen molar-refractivity contribution in [3.8, 4) is 5.75 Å². The lowest BCUT2D eigenvalue weighted by atomic mass is 9.99. The number of nitrogens with one attached hydrogen (secondary N) is 1. The van der Waals surface area contributed by atoms with Crippen molar-refractivity contribution in [3.63, 3.8) is 0 Å². The number of carbonyl (C=O) groups is 1. The fraction of sp³-hybridized carbons (Fsp3) is 0.435. The number of amides is 1. The maximum atomic E-state index is 12.6. The Bertz CT molecular complexity index is 747. The van der Waals surface area contributed by atoms with Crippen molar-refractivity contribution < 1.29 is 9.53 Å². The van der Waals surface area contributed by atoms with Gasteiger partial charge in [0, 0.05) is 30.0 Å². The monoisotopic (exact) mass is 366 g/mol. The van der Waals surface area contributed by atoms with E-state index in [1.807, 2.05) is 24.3 Å². The summed E-state index contributed by atoms with van der Waals surface area (Å²) in [6.45, 7) is 9.38. The zero-order valence-corrected chi connectivity index (χ0v) is 16.6. The van der Waals surface area contributed by atoms with Gasteiger partial charge < -0.3 is 15.0 Å². The van der Waals surface area contributed by atoms with Crippen molar-refractivity contribution in [1.29, 1.82) is 0 Å². The number of rotatable bonds is 6. The van der Waals surface area contributed by atoms with Crippen LogP contribution in [0.1, 0.15) is 44.0 Å². The largest absolute Gasteiger partial charge is 0.493 e. The van der Waals surface area contributed by atoms with Crippen LogP contribution in [0.15, 0.2) is 48.5 Å². The second kappa shape index (κ2) is 8.94. The molecule has 1 amide bonds. The minimum Gasteiger partial charge on any atom is -0.493 e. The molecule has 4 nitrogen and oxygen atoms in total. The number of piperidine rings is 1. The summed E-state index contributed by atoms with van der Waals surface area (Å²) in [5, 5.41) is 2.97. The average molecular weight is 367 g/mol. The highest BCUT2D eigenvalue weighted by Gasteiger charge is 2.16. The van der Waals surface area contributed by atoms with E-state index in [1.54, 1.807) is 12.1 Å². The lowest BCUT2D eigenvalue weighted by Crippen LogP contribution is -2.32. The molecule has 0 aliphatic carbocycles. The smallest absolute Gasteiger partial charge is 0.255 e. The Balaban J connectivity index is 1.60. The average Bonchev–Trinajstić information content (AvgIpc) is 2.68. The minimum atomic E-state index is -0.121. The van der Waals surface area contributed by atoms with E-state index >= 15 is 0 Å². The zero-order valence-electron chi connectivity index (χ0n) is 16.6. The van der Waals surface area contributed by atoms with E-state index in [0.717, 1.165) is 30.4 Å². The van der Waals surface area contributed by atoms with Crippen molar-refractivity contribution in [2.24, 2.45) is 11.8 Å². The molecule has 2 aromatic carbocycles. The number of hydrogen-bond donors (Lipinski definition) is 1. The molecule has 0 aromatic heterocycles. The standard InChI is InChI=1S/C23H30N2O2/c1-17(2)16-27-22-6-4-5-19(15-22)23(26)24-20-7-9-21(10-8-20)25-13-11-18(3)12-14-25/h4-10,15,17-18H,11-14,16H2,1-3H3,(H,24,26). The van der Waals surface area contributed by atoms with E-state index in [2.05, 4.69) is 43.1 Å². The molecule has 0 unspecified atom stereocenters. The van der Waals surface area contributed by atoms with Crippen LogP contribution in [0, 0.1) is 11.8 Å². The molecule has 144 valence electrons. The van der Waals surface area contributed by atoms with Crippen LogP contribution < -0.4 is 15.0 Å². The number of ether oxygens (including phenoxy) is 1. The zero-order chi connectivity index (χ0) is 19.2. The van der Waals surface area contributed by atoms with Gasteiger partial charge in [0.05, 0.1) is 6.61 Å². The van der Waals surface area contributed by atoms with Gasteiger partial charge in [-0.2, -0.15) is 0 Å². The van der Waals surface area contributed by atoms with Crippen molar-refractivity contribution in [2.75, 3.05) is 29.9 Å². The highest BCUT2D eigenvalue weighted by atomic mass is 16.5. The maximum absolute atomic E-state index is 12.6. The van der Waals surface area contributed by atoms with Crippen molar-refractivity contribution in [1.82, 2.24) is 0 Å². The van der Waals surface area contributed by atoms with Crippen LogP contribution in [0.25, 0.3) is 0 Å². The first-order chi connectivity index (χ1) is 13.0. The third-order valence-electron chi connectivity index (χ3n) is 4.95. The lowest BCUT2D eigenvalue weighted by molar-refractivity contribution is 0.102. The minimum absolute atomic E-state index is 0.121. The molecule has 2 aromatic rings. The van der Waals surface area contributed by atoms with Gasteiger partial charge in [-0.05, 0) is 67.1 Å². The normalized spacial score (nSPS) is 15.0. The van der Waals surface area contributed by atoms with E-state index in [0.29, 0.717) is 18.1 Å². The van der Waals surface area contributed by atoms with Crippen molar-refractivity contribution >= 4 is 17.3 Å². The Kier molecular flexibility index (Phi) is 6.38. The molecule has 4 heteroatoms.